The number of fused-ring (bicyclic) bond motifs is 1. The van der Waals surface area contributed by atoms with Gasteiger partial charge in [0.25, 0.3) is 0 Å². The molecule has 1 N–H and O–H groups in total. The lowest BCUT2D eigenvalue weighted by Crippen LogP contribution is -2.43. The van der Waals surface area contributed by atoms with Gasteiger partial charge >= 0.3 is 12.2 Å². The van der Waals surface area contributed by atoms with Crippen molar-refractivity contribution in [2.24, 2.45) is 0 Å². The summed E-state index contributed by atoms with van der Waals surface area (Å²) in [4.78, 5) is 28.7. The van der Waals surface area contributed by atoms with Gasteiger partial charge in [-0.05, 0) is 50.0 Å². The van der Waals surface area contributed by atoms with Crippen LogP contribution in [-0.4, -0.2) is 30.0 Å². The number of allylic oxidation sites excluding steroid dienone is 6. The van der Waals surface area contributed by atoms with Gasteiger partial charge in [-0.2, -0.15) is 13.2 Å². The van der Waals surface area contributed by atoms with Gasteiger partial charge in [0.15, 0.2) is 12.1 Å². The highest BCUT2D eigenvalue weighted by molar-refractivity contribution is 5.93. The minimum Gasteiger partial charge on any atom is -0.312 e. The first-order valence-corrected chi connectivity index (χ1v) is 9.02. The summed E-state index contributed by atoms with van der Waals surface area (Å²) < 4.78 is 52.8. The summed E-state index contributed by atoms with van der Waals surface area (Å²) in [7, 11) is 0. The van der Waals surface area contributed by atoms with Crippen molar-refractivity contribution in [3.8, 4) is 0 Å². The van der Waals surface area contributed by atoms with Gasteiger partial charge in [0.2, 0.25) is 0 Å². The van der Waals surface area contributed by atoms with E-state index in [1.807, 2.05) is 0 Å². The Morgan fingerprint density at radius 3 is 2.69 bits per heavy atom. The highest BCUT2D eigenvalue weighted by atomic mass is 19.4. The summed E-state index contributed by atoms with van der Waals surface area (Å²) in [6.45, 7) is 3.45. The summed E-state index contributed by atoms with van der Waals surface area (Å²) in [6, 6.07) is 0.550. The van der Waals surface area contributed by atoms with Crippen molar-refractivity contribution in [2.75, 3.05) is 11.4 Å². The van der Waals surface area contributed by atoms with E-state index in [2.05, 4.69) is 10.3 Å². The monoisotopic (exact) mass is 411 g/mol. The number of aldehydes is 1. The topological polar surface area (TPSA) is 62.3 Å². The molecule has 1 aromatic rings. The summed E-state index contributed by atoms with van der Waals surface area (Å²) >= 11 is 0. The number of nitrogens with one attached hydrogen (secondary N) is 1. The van der Waals surface area contributed by atoms with Crippen molar-refractivity contribution in [3.63, 3.8) is 0 Å². The molecule has 156 valence electrons. The summed E-state index contributed by atoms with van der Waals surface area (Å²) in [5.74, 6) is -0.593. The van der Waals surface area contributed by atoms with E-state index in [9.17, 15) is 27.2 Å². The van der Waals surface area contributed by atoms with Crippen LogP contribution in [0.4, 0.5) is 28.2 Å². The molecule has 2 rings (SSSR count). The van der Waals surface area contributed by atoms with Gasteiger partial charge in [0.1, 0.15) is 11.5 Å². The summed E-state index contributed by atoms with van der Waals surface area (Å²) in [6.07, 6.45) is 1.66. The number of hydrogen-bond donors (Lipinski definition) is 1. The Morgan fingerprint density at radius 2 is 2.07 bits per heavy atom. The van der Waals surface area contributed by atoms with Crippen molar-refractivity contribution >= 4 is 18.1 Å². The van der Waals surface area contributed by atoms with Crippen LogP contribution in [0, 0.1) is 5.82 Å². The number of urea groups is 1. The highest BCUT2D eigenvalue weighted by Crippen LogP contribution is 2.28. The second kappa shape index (κ2) is 9.49. The number of halogens is 4. The van der Waals surface area contributed by atoms with Gasteiger partial charge in [-0.15, -0.1) is 0 Å². The lowest BCUT2D eigenvalue weighted by molar-refractivity contribution is -0.0882. The molecule has 2 heterocycles. The van der Waals surface area contributed by atoms with Gasteiger partial charge < -0.3 is 5.32 Å². The number of carbonyl (C=O) groups is 2. The molecule has 0 spiro atoms. The SMILES string of the molecule is CC/C=C/C(=C\C=C(/C)NC(=O)N1CCCc2cc(F)c(C=O)nc21)C(F)(F)F. The molecule has 5 nitrogen and oxygen atoms in total. The fourth-order valence-corrected chi connectivity index (χ4v) is 2.74. The number of carbonyl (C=O) groups excluding carboxylic acids is 2. The highest BCUT2D eigenvalue weighted by Gasteiger charge is 2.31. The van der Waals surface area contributed by atoms with E-state index < -0.39 is 29.3 Å². The maximum absolute atomic E-state index is 13.8. The number of anilines is 1. The van der Waals surface area contributed by atoms with Gasteiger partial charge in [0, 0.05) is 12.2 Å². The van der Waals surface area contributed by atoms with Crippen LogP contribution in [-0.2, 0) is 6.42 Å². The smallest absolute Gasteiger partial charge is 0.312 e. The van der Waals surface area contributed by atoms with Gasteiger partial charge in [-0.1, -0.05) is 19.1 Å². The normalized spacial score (nSPS) is 15.4. The number of aromatic nitrogens is 1. The number of nitrogens with zero attached hydrogens (tertiary/aromatic N) is 2. The Bertz CT molecular complexity index is 873. The number of pyridine rings is 1. The second-order valence-electron chi connectivity index (χ2n) is 6.42. The molecule has 9 heteroatoms. The third-order valence-electron chi connectivity index (χ3n) is 4.18. The molecule has 2 amide bonds. The van der Waals surface area contributed by atoms with Gasteiger partial charge in [-0.3, -0.25) is 9.69 Å². The fraction of sp³-hybridized carbons (Fsp3) is 0.350. The molecule has 0 radical (unpaired) electrons. The molecule has 0 aromatic carbocycles. The van der Waals surface area contributed by atoms with E-state index in [4.69, 9.17) is 0 Å². The number of rotatable bonds is 5. The van der Waals surface area contributed by atoms with Gasteiger partial charge in [0.05, 0.1) is 5.57 Å². The van der Waals surface area contributed by atoms with Crippen LogP contribution in [0.5, 0.6) is 0 Å². The van der Waals surface area contributed by atoms with Crippen molar-refractivity contribution in [3.05, 3.63) is 58.7 Å². The molecule has 0 saturated heterocycles. The number of amides is 2. The predicted octanol–water partition coefficient (Wildman–Crippen LogP) is 4.85. The molecule has 0 fully saturated rings. The lowest BCUT2D eigenvalue weighted by Gasteiger charge is -2.28. The Labute approximate surface area is 165 Å². The molecule has 0 saturated carbocycles. The zero-order valence-electron chi connectivity index (χ0n) is 16.0. The molecule has 1 aliphatic heterocycles. The maximum atomic E-state index is 13.8. The zero-order chi connectivity index (χ0) is 21.6. The fourth-order valence-electron chi connectivity index (χ4n) is 2.74. The molecule has 0 atom stereocenters. The van der Waals surface area contributed by atoms with E-state index in [0.29, 0.717) is 24.8 Å². The Morgan fingerprint density at radius 1 is 1.34 bits per heavy atom. The Hall–Kier alpha value is -2.97. The van der Waals surface area contributed by atoms with E-state index in [1.54, 1.807) is 6.92 Å². The molecule has 29 heavy (non-hydrogen) atoms. The zero-order valence-corrected chi connectivity index (χ0v) is 16.0. The summed E-state index contributed by atoms with van der Waals surface area (Å²) in [5, 5.41) is 2.50. The number of alkyl halides is 3. The Balaban J connectivity index is 2.22. The van der Waals surface area contributed by atoms with Crippen LogP contribution in [0.2, 0.25) is 0 Å². The molecular formula is C20H21F4N3O2. The average molecular weight is 411 g/mol. The van der Waals surface area contributed by atoms with Crippen LogP contribution in [0.25, 0.3) is 0 Å². The molecule has 0 unspecified atom stereocenters. The molecule has 1 aromatic heterocycles. The van der Waals surface area contributed by atoms with E-state index in [-0.39, 0.29) is 24.3 Å². The van der Waals surface area contributed by atoms with Crippen molar-refractivity contribution < 1.29 is 27.2 Å². The number of aryl methyl sites for hydroxylation is 1. The third kappa shape index (κ3) is 5.75. The van der Waals surface area contributed by atoms with Gasteiger partial charge in [-0.25, -0.2) is 14.2 Å². The van der Waals surface area contributed by atoms with Crippen LogP contribution < -0.4 is 10.2 Å². The van der Waals surface area contributed by atoms with E-state index in [1.165, 1.54) is 24.0 Å². The van der Waals surface area contributed by atoms with Crippen molar-refractivity contribution in [1.29, 1.82) is 0 Å². The number of hydrogen-bond acceptors (Lipinski definition) is 3. The van der Waals surface area contributed by atoms with E-state index >= 15 is 0 Å². The first-order valence-electron chi connectivity index (χ1n) is 9.02. The minimum atomic E-state index is -4.52. The predicted molar refractivity (Wildman–Crippen MR) is 101 cm³/mol. The first kappa shape index (κ1) is 22.3. The molecule has 1 aliphatic rings. The first-order chi connectivity index (χ1) is 13.7. The standard InChI is InChI=1S/C20H21F4N3O2/c1-3-4-7-15(20(22,23)24)9-8-13(2)25-19(29)27-10-5-6-14-11-16(21)17(12-28)26-18(14)27/h4,7-9,11-12H,3,5-6,10H2,1-2H3,(H,25,29)/b7-4+,13-8+,15-9+. The van der Waals surface area contributed by atoms with Crippen LogP contribution in [0.1, 0.15) is 42.7 Å². The summed E-state index contributed by atoms with van der Waals surface area (Å²) in [5.41, 5.74) is -0.577. The maximum Gasteiger partial charge on any atom is 0.416 e. The van der Waals surface area contributed by atoms with Crippen LogP contribution in [0.3, 0.4) is 0 Å². The largest absolute Gasteiger partial charge is 0.416 e. The van der Waals surface area contributed by atoms with Crippen molar-refractivity contribution in [1.82, 2.24) is 10.3 Å². The second-order valence-corrected chi connectivity index (χ2v) is 6.42. The van der Waals surface area contributed by atoms with Crippen molar-refractivity contribution in [2.45, 2.75) is 39.3 Å². The Kier molecular flexibility index (Phi) is 7.30. The quantitative estimate of drug-likeness (QED) is 0.428. The average Bonchev–Trinajstić information content (AvgIpc) is 2.65. The van der Waals surface area contributed by atoms with Crippen LogP contribution >= 0.6 is 0 Å². The third-order valence-corrected chi connectivity index (χ3v) is 4.18. The van der Waals surface area contributed by atoms with E-state index in [0.717, 1.165) is 18.2 Å². The molecule has 0 aliphatic carbocycles. The lowest BCUT2D eigenvalue weighted by atomic mass is 10.1. The molecular weight excluding hydrogens is 390 g/mol. The minimum absolute atomic E-state index is 0.169. The van der Waals surface area contributed by atoms with Crippen LogP contribution in [0.15, 0.2) is 41.6 Å². The molecule has 0 bridgehead atoms.